The van der Waals surface area contributed by atoms with Crippen LogP contribution in [0.1, 0.15) is 22.8 Å². The highest BCUT2D eigenvalue weighted by Crippen LogP contribution is 2.11. The summed E-state index contributed by atoms with van der Waals surface area (Å²) in [5.74, 6) is 0.0242. The fraction of sp³-hybridized carbons (Fsp3) is 0.167. The number of aromatic nitrogens is 2. The van der Waals surface area contributed by atoms with Crippen LogP contribution in [0.15, 0.2) is 36.7 Å². The largest absolute Gasteiger partial charge is 0.288 e. The van der Waals surface area contributed by atoms with E-state index < -0.39 is 0 Å². The van der Waals surface area contributed by atoms with Gasteiger partial charge in [-0.05, 0) is 53.8 Å². The molecule has 0 aliphatic rings. The first-order valence-electron chi connectivity index (χ1n) is 5.03. The summed E-state index contributed by atoms with van der Waals surface area (Å²) >= 11 is 2.22. The lowest BCUT2D eigenvalue weighted by atomic mass is 10.1. The van der Waals surface area contributed by atoms with Crippen molar-refractivity contribution in [2.45, 2.75) is 13.5 Å². The van der Waals surface area contributed by atoms with Crippen molar-refractivity contribution in [2.24, 2.45) is 0 Å². The van der Waals surface area contributed by atoms with Crippen LogP contribution in [-0.4, -0.2) is 15.6 Å². The number of carbonyl (C=O) groups is 1. The number of hydrogen-bond donors (Lipinski definition) is 0. The molecule has 1 aromatic heterocycles. The predicted octanol–water partition coefficient (Wildman–Crippen LogP) is 2.74. The molecule has 0 unspecified atom stereocenters. The molecule has 0 aliphatic heterocycles. The van der Waals surface area contributed by atoms with Crippen molar-refractivity contribution in [3.63, 3.8) is 0 Å². The number of carbonyl (C=O) groups excluding carboxylic acids is 1. The number of benzene rings is 1. The van der Waals surface area contributed by atoms with Crippen molar-refractivity contribution in [3.8, 4) is 0 Å². The zero-order valence-electron chi connectivity index (χ0n) is 8.85. The van der Waals surface area contributed by atoms with Crippen molar-refractivity contribution < 1.29 is 4.79 Å². The zero-order valence-corrected chi connectivity index (χ0v) is 11.0. The molecule has 0 bridgehead atoms. The molecule has 1 aromatic carbocycles. The molecule has 0 N–H and O–H groups in total. The van der Waals surface area contributed by atoms with E-state index in [0.29, 0.717) is 11.1 Å². The molecule has 3 nitrogen and oxygen atoms in total. The van der Waals surface area contributed by atoms with Crippen molar-refractivity contribution in [3.05, 3.63) is 51.4 Å². The van der Waals surface area contributed by atoms with Gasteiger partial charge in [-0.1, -0.05) is 0 Å². The van der Waals surface area contributed by atoms with E-state index in [1.54, 1.807) is 17.1 Å². The summed E-state index contributed by atoms with van der Waals surface area (Å²) in [4.78, 5) is 12.0. The third kappa shape index (κ3) is 2.32. The van der Waals surface area contributed by atoms with Gasteiger partial charge in [0.05, 0.1) is 11.8 Å². The van der Waals surface area contributed by atoms with Gasteiger partial charge in [0.25, 0.3) is 0 Å². The second-order valence-corrected chi connectivity index (χ2v) is 4.67. The fourth-order valence-corrected chi connectivity index (χ4v) is 1.78. The summed E-state index contributed by atoms with van der Waals surface area (Å²) in [5, 5.41) is 4.09. The van der Waals surface area contributed by atoms with E-state index in [9.17, 15) is 4.79 Å². The number of halogens is 1. The molecule has 0 spiro atoms. The van der Waals surface area contributed by atoms with Crippen molar-refractivity contribution >= 4 is 28.4 Å². The quantitative estimate of drug-likeness (QED) is 0.642. The Bertz CT molecular complexity index is 502. The van der Waals surface area contributed by atoms with Gasteiger partial charge in [0.1, 0.15) is 0 Å². The standard InChI is InChI=1S/C12H11IN2O/c1-2-15-8-10(7-14-15)12(16)9-3-5-11(13)6-4-9/h3-8H,2H2,1H3. The van der Waals surface area contributed by atoms with E-state index in [0.717, 1.165) is 10.1 Å². The fourth-order valence-electron chi connectivity index (χ4n) is 1.42. The molecule has 0 saturated carbocycles. The molecule has 0 amide bonds. The Balaban J connectivity index is 2.28. The molecule has 0 atom stereocenters. The first-order valence-corrected chi connectivity index (χ1v) is 6.11. The van der Waals surface area contributed by atoms with Gasteiger partial charge in [0.15, 0.2) is 5.78 Å². The first-order chi connectivity index (χ1) is 7.70. The Hall–Kier alpha value is -1.17. The van der Waals surface area contributed by atoms with Crippen LogP contribution < -0.4 is 0 Å². The lowest BCUT2D eigenvalue weighted by molar-refractivity contribution is 0.103. The molecule has 16 heavy (non-hydrogen) atoms. The molecule has 0 fully saturated rings. The first kappa shape index (κ1) is 11.3. The van der Waals surface area contributed by atoms with Crippen molar-refractivity contribution in [2.75, 3.05) is 0 Å². The van der Waals surface area contributed by atoms with Gasteiger partial charge in [-0.25, -0.2) is 0 Å². The third-order valence-electron chi connectivity index (χ3n) is 2.33. The Morgan fingerprint density at radius 2 is 2.00 bits per heavy atom. The average Bonchev–Trinajstić information content (AvgIpc) is 2.77. The van der Waals surface area contributed by atoms with Gasteiger partial charge in [-0.2, -0.15) is 5.10 Å². The molecular formula is C12H11IN2O. The van der Waals surface area contributed by atoms with Gasteiger partial charge in [0.2, 0.25) is 0 Å². The highest BCUT2D eigenvalue weighted by molar-refractivity contribution is 14.1. The molecule has 1 heterocycles. The number of aryl methyl sites for hydroxylation is 1. The van der Waals surface area contributed by atoms with Crippen LogP contribution in [-0.2, 0) is 6.54 Å². The number of nitrogens with zero attached hydrogens (tertiary/aromatic N) is 2. The van der Waals surface area contributed by atoms with Crippen LogP contribution in [0.5, 0.6) is 0 Å². The Labute approximate surface area is 108 Å². The zero-order chi connectivity index (χ0) is 11.5. The number of hydrogen-bond acceptors (Lipinski definition) is 2. The van der Waals surface area contributed by atoms with Gasteiger partial charge < -0.3 is 0 Å². The highest BCUT2D eigenvalue weighted by Gasteiger charge is 2.10. The second kappa shape index (κ2) is 4.78. The summed E-state index contributed by atoms with van der Waals surface area (Å²) in [6, 6.07) is 7.54. The van der Waals surface area contributed by atoms with Crippen molar-refractivity contribution in [1.29, 1.82) is 0 Å². The Kier molecular flexibility index (Phi) is 3.38. The van der Waals surface area contributed by atoms with E-state index in [4.69, 9.17) is 0 Å². The maximum Gasteiger partial charge on any atom is 0.196 e. The second-order valence-electron chi connectivity index (χ2n) is 3.42. The van der Waals surface area contributed by atoms with Gasteiger partial charge >= 0.3 is 0 Å². The van der Waals surface area contributed by atoms with Crippen LogP contribution in [0.25, 0.3) is 0 Å². The van der Waals surface area contributed by atoms with E-state index >= 15 is 0 Å². The minimum Gasteiger partial charge on any atom is -0.288 e. The van der Waals surface area contributed by atoms with Gasteiger partial charge in [-0.15, -0.1) is 0 Å². The highest BCUT2D eigenvalue weighted by atomic mass is 127. The summed E-state index contributed by atoms with van der Waals surface area (Å²) in [6.07, 6.45) is 3.39. The molecular weight excluding hydrogens is 315 g/mol. The summed E-state index contributed by atoms with van der Waals surface area (Å²) < 4.78 is 2.87. The normalized spacial score (nSPS) is 10.4. The summed E-state index contributed by atoms with van der Waals surface area (Å²) in [5.41, 5.74) is 1.35. The van der Waals surface area contributed by atoms with E-state index in [1.165, 1.54) is 0 Å². The molecule has 2 aromatic rings. The third-order valence-corrected chi connectivity index (χ3v) is 3.05. The monoisotopic (exact) mass is 326 g/mol. The molecule has 0 saturated heterocycles. The molecule has 0 radical (unpaired) electrons. The summed E-state index contributed by atoms with van der Waals surface area (Å²) in [7, 11) is 0. The van der Waals surface area contributed by atoms with Gasteiger partial charge in [0, 0.05) is 21.9 Å². The summed E-state index contributed by atoms with van der Waals surface area (Å²) in [6.45, 7) is 2.77. The van der Waals surface area contributed by atoms with Crippen LogP contribution >= 0.6 is 22.6 Å². The Morgan fingerprint density at radius 1 is 1.31 bits per heavy atom. The lowest BCUT2D eigenvalue weighted by Gasteiger charge is -1.97. The van der Waals surface area contributed by atoms with Gasteiger partial charge in [-0.3, -0.25) is 9.48 Å². The number of ketones is 1. The molecule has 0 aliphatic carbocycles. The van der Waals surface area contributed by atoms with Crippen LogP contribution in [0, 0.1) is 3.57 Å². The SMILES string of the molecule is CCn1cc(C(=O)c2ccc(I)cc2)cn1. The maximum atomic E-state index is 12.0. The van der Waals surface area contributed by atoms with E-state index in [-0.39, 0.29) is 5.78 Å². The number of rotatable bonds is 3. The van der Waals surface area contributed by atoms with Crippen LogP contribution in [0.4, 0.5) is 0 Å². The van der Waals surface area contributed by atoms with Crippen LogP contribution in [0.2, 0.25) is 0 Å². The average molecular weight is 326 g/mol. The molecule has 82 valence electrons. The topological polar surface area (TPSA) is 34.9 Å². The van der Waals surface area contributed by atoms with Crippen molar-refractivity contribution in [1.82, 2.24) is 9.78 Å². The smallest absolute Gasteiger partial charge is 0.196 e. The van der Waals surface area contributed by atoms with Crippen LogP contribution in [0.3, 0.4) is 0 Å². The minimum absolute atomic E-state index is 0.0242. The molecule has 4 heteroatoms. The minimum atomic E-state index is 0.0242. The lowest BCUT2D eigenvalue weighted by Crippen LogP contribution is -2.00. The van der Waals surface area contributed by atoms with E-state index in [1.807, 2.05) is 31.2 Å². The maximum absolute atomic E-state index is 12.0. The molecule has 2 rings (SSSR count). The predicted molar refractivity (Wildman–Crippen MR) is 70.5 cm³/mol. The van der Waals surface area contributed by atoms with E-state index in [2.05, 4.69) is 27.7 Å². The Morgan fingerprint density at radius 3 is 2.56 bits per heavy atom.